The van der Waals surface area contributed by atoms with Gasteiger partial charge in [-0.05, 0) is 94.2 Å². The van der Waals surface area contributed by atoms with Crippen LogP contribution < -0.4 is 4.74 Å². The molecule has 0 heterocycles. The lowest BCUT2D eigenvalue weighted by Crippen LogP contribution is -2.34. The zero-order valence-corrected chi connectivity index (χ0v) is 20.2. The van der Waals surface area contributed by atoms with Gasteiger partial charge in [-0.2, -0.15) is 13.2 Å². The van der Waals surface area contributed by atoms with Gasteiger partial charge in [0, 0.05) is 12.0 Å². The lowest BCUT2D eigenvalue weighted by Gasteiger charge is -2.33. The second-order valence-corrected chi connectivity index (χ2v) is 10.6. The fourth-order valence-corrected chi connectivity index (χ4v) is 6.44. The summed E-state index contributed by atoms with van der Waals surface area (Å²) < 4.78 is 56.4. The van der Waals surface area contributed by atoms with E-state index >= 15 is 0 Å². The van der Waals surface area contributed by atoms with Crippen molar-refractivity contribution in [2.75, 3.05) is 0 Å². The molecule has 3 aliphatic rings. The molecular formula is C27H35F3O4. The molecule has 3 fully saturated rings. The third-order valence-corrected chi connectivity index (χ3v) is 8.05. The quantitative estimate of drug-likeness (QED) is 0.218. The van der Waals surface area contributed by atoms with Crippen molar-refractivity contribution in [3.05, 3.63) is 42.0 Å². The van der Waals surface area contributed by atoms with Gasteiger partial charge in [-0.1, -0.05) is 25.1 Å². The summed E-state index contributed by atoms with van der Waals surface area (Å²) >= 11 is 0. The topological polar surface area (TPSA) is 44.8 Å². The Bertz CT molecular complexity index is 896. The predicted octanol–water partition coefficient (Wildman–Crippen LogP) is 6.93. The Balaban J connectivity index is 1.38. The maximum atomic E-state index is 12.9. The molecule has 0 spiro atoms. The summed E-state index contributed by atoms with van der Waals surface area (Å²) in [6.07, 6.45) is 0.445. The number of rotatable bonds is 9. The highest BCUT2D eigenvalue weighted by molar-refractivity contribution is 5.87. The minimum Gasteiger partial charge on any atom is -0.465 e. The smallest absolute Gasteiger partial charge is 0.389 e. The van der Waals surface area contributed by atoms with Gasteiger partial charge in [-0.3, -0.25) is 0 Å². The Morgan fingerprint density at radius 1 is 1.09 bits per heavy atom. The van der Waals surface area contributed by atoms with Crippen LogP contribution in [0.2, 0.25) is 0 Å². The standard InChI is InChI=1S/C27H35F3O4/c1-16(2)25(31)34-26(4,12-13-27(28,29)30)19-8-10-20(11-9-19)32-17(3)33-24-15-18-14-23(24)22-7-5-6-21(18)22/h8-11,17-18,21-24H,1,5-7,12-15H2,2-4H3. The minimum atomic E-state index is -4.36. The van der Waals surface area contributed by atoms with Crippen LogP contribution in [0.4, 0.5) is 13.2 Å². The van der Waals surface area contributed by atoms with E-state index in [1.807, 2.05) is 6.92 Å². The number of hydrogen-bond acceptors (Lipinski definition) is 4. The van der Waals surface area contributed by atoms with E-state index in [9.17, 15) is 18.0 Å². The highest BCUT2D eigenvalue weighted by Gasteiger charge is 2.54. The maximum Gasteiger partial charge on any atom is 0.389 e. The van der Waals surface area contributed by atoms with Crippen molar-refractivity contribution in [3.63, 3.8) is 0 Å². The first-order valence-electron chi connectivity index (χ1n) is 12.3. The summed E-state index contributed by atoms with van der Waals surface area (Å²) in [5.74, 6) is 2.99. The molecule has 1 aromatic carbocycles. The molecule has 0 radical (unpaired) electrons. The fourth-order valence-electron chi connectivity index (χ4n) is 6.44. The van der Waals surface area contributed by atoms with E-state index in [-0.39, 0.29) is 18.1 Å². The molecule has 1 aromatic rings. The molecule has 0 aromatic heterocycles. The fraction of sp³-hybridized carbons (Fsp3) is 0.667. The first kappa shape index (κ1) is 25.1. The second kappa shape index (κ2) is 9.56. The third kappa shape index (κ3) is 5.45. The van der Waals surface area contributed by atoms with Gasteiger partial charge in [0.2, 0.25) is 0 Å². The molecule has 0 amide bonds. The van der Waals surface area contributed by atoms with Crippen LogP contribution in [0.3, 0.4) is 0 Å². The van der Waals surface area contributed by atoms with Crippen molar-refractivity contribution in [3.8, 4) is 5.75 Å². The van der Waals surface area contributed by atoms with Crippen molar-refractivity contribution in [1.82, 2.24) is 0 Å². The number of carbonyl (C=O) groups is 1. The van der Waals surface area contributed by atoms with Crippen molar-refractivity contribution >= 4 is 5.97 Å². The van der Waals surface area contributed by atoms with Crippen LogP contribution in [0.5, 0.6) is 5.75 Å². The lowest BCUT2D eigenvalue weighted by molar-refractivity contribution is -0.167. The molecule has 0 N–H and O–H groups in total. The number of benzene rings is 1. The predicted molar refractivity (Wildman–Crippen MR) is 122 cm³/mol. The number of esters is 1. The van der Waals surface area contributed by atoms with Crippen molar-refractivity contribution in [1.29, 1.82) is 0 Å². The summed E-state index contributed by atoms with van der Waals surface area (Å²) in [6.45, 7) is 8.37. The number of ether oxygens (including phenoxy) is 3. The summed E-state index contributed by atoms with van der Waals surface area (Å²) in [5, 5.41) is 0. The van der Waals surface area contributed by atoms with Crippen LogP contribution in [0.25, 0.3) is 0 Å². The monoisotopic (exact) mass is 480 g/mol. The largest absolute Gasteiger partial charge is 0.465 e. The Morgan fingerprint density at radius 2 is 1.76 bits per heavy atom. The van der Waals surface area contributed by atoms with Gasteiger partial charge in [0.15, 0.2) is 6.29 Å². The zero-order chi connectivity index (χ0) is 24.7. The summed E-state index contributed by atoms with van der Waals surface area (Å²) in [5.41, 5.74) is -0.839. The van der Waals surface area contributed by atoms with E-state index in [0.29, 0.717) is 17.2 Å². The van der Waals surface area contributed by atoms with Gasteiger partial charge in [0.05, 0.1) is 6.10 Å². The highest BCUT2D eigenvalue weighted by Crippen LogP contribution is 2.59. The molecule has 7 atom stereocenters. The molecule has 0 aliphatic heterocycles. The van der Waals surface area contributed by atoms with Crippen LogP contribution >= 0.6 is 0 Å². The van der Waals surface area contributed by atoms with E-state index in [4.69, 9.17) is 14.2 Å². The molecule has 3 saturated carbocycles. The molecule has 3 aliphatic carbocycles. The van der Waals surface area contributed by atoms with Gasteiger partial charge in [-0.15, -0.1) is 0 Å². The number of fused-ring (bicyclic) bond motifs is 5. The van der Waals surface area contributed by atoms with Crippen LogP contribution in [0.15, 0.2) is 36.4 Å². The van der Waals surface area contributed by atoms with Gasteiger partial charge in [0.1, 0.15) is 11.4 Å². The van der Waals surface area contributed by atoms with Gasteiger partial charge in [0.25, 0.3) is 0 Å². The van der Waals surface area contributed by atoms with Crippen molar-refractivity contribution < 1.29 is 32.2 Å². The second-order valence-electron chi connectivity index (χ2n) is 10.6. The summed E-state index contributed by atoms with van der Waals surface area (Å²) in [7, 11) is 0. The van der Waals surface area contributed by atoms with E-state index in [0.717, 1.165) is 24.2 Å². The van der Waals surface area contributed by atoms with Gasteiger partial charge < -0.3 is 14.2 Å². The molecular weight excluding hydrogens is 445 g/mol. The molecule has 4 rings (SSSR count). The first-order chi connectivity index (χ1) is 15.9. The van der Waals surface area contributed by atoms with Crippen molar-refractivity contribution in [2.24, 2.45) is 23.7 Å². The number of hydrogen-bond donors (Lipinski definition) is 0. The lowest BCUT2D eigenvalue weighted by atomic mass is 9.80. The van der Waals surface area contributed by atoms with Gasteiger partial charge in [-0.25, -0.2) is 4.79 Å². The molecule has 7 heteroatoms. The van der Waals surface area contributed by atoms with Crippen LogP contribution in [0.1, 0.15) is 71.3 Å². The maximum absolute atomic E-state index is 12.9. The number of halogens is 3. The van der Waals surface area contributed by atoms with Gasteiger partial charge >= 0.3 is 12.1 Å². The average molecular weight is 481 g/mol. The molecule has 0 saturated heterocycles. The van der Waals surface area contributed by atoms with Crippen LogP contribution in [0, 0.1) is 23.7 Å². The van der Waals surface area contributed by atoms with Crippen molar-refractivity contribution in [2.45, 2.75) is 89.9 Å². The molecule has 7 unspecified atom stereocenters. The van der Waals surface area contributed by atoms with Crippen LogP contribution in [-0.4, -0.2) is 24.5 Å². The first-order valence-corrected chi connectivity index (χ1v) is 12.3. The van der Waals surface area contributed by atoms with Crippen LogP contribution in [-0.2, 0) is 19.9 Å². The van der Waals surface area contributed by atoms with E-state index < -0.39 is 30.5 Å². The Labute approximate surface area is 199 Å². The number of carbonyl (C=O) groups excluding carboxylic acids is 1. The summed E-state index contributed by atoms with van der Waals surface area (Å²) in [4.78, 5) is 12.1. The zero-order valence-electron chi connectivity index (χ0n) is 20.2. The Hall–Kier alpha value is -2.02. The molecule has 2 bridgehead atoms. The third-order valence-electron chi connectivity index (χ3n) is 8.05. The highest BCUT2D eigenvalue weighted by atomic mass is 19.4. The normalized spacial score (nSPS) is 30.5. The van der Waals surface area contributed by atoms with E-state index in [2.05, 4.69) is 6.58 Å². The number of alkyl halides is 3. The Morgan fingerprint density at radius 3 is 2.41 bits per heavy atom. The SMILES string of the molecule is C=C(C)C(=O)OC(C)(CCC(F)(F)F)c1ccc(OC(C)OC2CC3CC2C2CCCC32)cc1. The minimum absolute atomic E-state index is 0.133. The average Bonchev–Trinajstić information content (AvgIpc) is 3.46. The molecule has 4 nitrogen and oxygen atoms in total. The van der Waals surface area contributed by atoms with E-state index in [1.54, 1.807) is 24.3 Å². The van der Waals surface area contributed by atoms with E-state index in [1.165, 1.54) is 39.5 Å². The molecule has 188 valence electrons. The summed E-state index contributed by atoms with van der Waals surface area (Å²) in [6, 6.07) is 6.66. The molecule has 34 heavy (non-hydrogen) atoms. The Kier molecular flexibility index (Phi) is 7.05.